The summed E-state index contributed by atoms with van der Waals surface area (Å²) in [5.74, 6) is 1.31. The maximum atomic E-state index is 9.26. The van der Waals surface area contributed by atoms with E-state index in [4.69, 9.17) is 4.74 Å². The van der Waals surface area contributed by atoms with Gasteiger partial charge in [0.1, 0.15) is 5.75 Å². The van der Waals surface area contributed by atoms with Gasteiger partial charge in [0.25, 0.3) is 0 Å². The summed E-state index contributed by atoms with van der Waals surface area (Å²) >= 11 is 0. The number of methoxy groups -OCH3 is 1. The van der Waals surface area contributed by atoms with Crippen LogP contribution in [-0.4, -0.2) is 25.9 Å². The van der Waals surface area contributed by atoms with Crippen LogP contribution in [0.25, 0.3) is 0 Å². The van der Waals surface area contributed by atoms with Crippen molar-refractivity contribution in [2.75, 3.05) is 20.8 Å². The quantitative estimate of drug-likeness (QED) is 0.803. The highest BCUT2D eigenvalue weighted by atomic mass is 16.5. The summed E-state index contributed by atoms with van der Waals surface area (Å²) in [6.07, 6.45) is 0. The van der Waals surface area contributed by atoms with Crippen LogP contribution < -0.4 is 10.1 Å². The Kier molecular flexibility index (Phi) is 4.77. The van der Waals surface area contributed by atoms with Gasteiger partial charge in [0, 0.05) is 5.56 Å². The Balaban J connectivity index is 3.10. The number of hydrogen-bond acceptors (Lipinski definition) is 3. The lowest BCUT2D eigenvalue weighted by atomic mass is 9.98. The average molecular weight is 223 g/mol. The molecule has 0 saturated carbocycles. The fourth-order valence-corrected chi connectivity index (χ4v) is 1.72. The Hall–Kier alpha value is -1.06. The van der Waals surface area contributed by atoms with Crippen molar-refractivity contribution >= 4 is 0 Å². The van der Waals surface area contributed by atoms with Crippen LogP contribution in [0.1, 0.15) is 36.9 Å². The van der Waals surface area contributed by atoms with E-state index in [1.54, 1.807) is 7.11 Å². The van der Waals surface area contributed by atoms with E-state index in [1.807, 2.05) is 19.2 Å². The topological polar surface area (TPSA) is 41.5 Å². The molecule has 3 nitrogen and oxygen atoms in total. The summed E-state index contributed by atoms with van der Waals surface area (Å²) < 4.78 is 5.37. The maximum absolute atomic E-state index is 9.26. The van der Waals surface area contributed by atoms with E-state index in [2.05, 4.69) is 25.2 Å². The number of benzene rings is 1. The van der Waals surface area contributed by atoms with Gasteiger partial charge in [-0.05, 0) is 24.6 Å². The molecule has 0 radical (unpaired) electrons. The fraction of sp³-hybridized carbons (Fsp3) is 0.538. The van der Waals surface area contributed by atoms with Gasteiger partial charge in [-0.1, -0.05) is 26.0 Å². The second-order valence-electron chi connectivity index (χ2n) is 4.18. The largest absolute Gasteiger partial charge is 0.496 e. The van der Waals surface area contributed by atoms with E-state index in [1.165, 1.54) is 5.56 Å². The van der Waals surface area contributed by atoms with Crippen molar-refractivity contribution in [2.45, 2.75) is 25.8 Å². The molecule has 0 aliphatic heterocycles. The number of rotatable bonds is 5. The van der Waals surface area contributed by atoms with Crippen molar-refractivity contribution in [3.63, 3.8) is 0 Å². The molecule has 1 rings (SSSR count). The van der Waals surface area contributed by atoms with Crippen molar-refractivity contribution in [3.8, 4) is 5.75 Å². The van der Waals surface area contributed by atoms with Crippen molar-refractivity contribution in [3.05, 3.63) is 29.3 Å². The highest BCUT2D eigenvalue weighted by molar-refractivity contribution is 5.40. The molecule has 0 aliphatic carbocycles. The Morgan fingerprint density at radius 3 is 2.50 bits per heavy atom. The number of hydrogen-bond donors (Lipinski definition) is 2. The van der Waals surface area contributed by atoms with E-state index < -0.39 is 0 Å². The summed E-state index contributed by atoms with van der Waals surface area (Å²) in [5.41, 5.74) is 2.24. The summed E-state index contributed by atoms with van der Waals surface area (Å²) in [6, 6.07) is 6.07. The van der Waals surface area contributed by atoms with E-state index in [0.29, 0.717) is 5.92 Å². The molecule has 1 unspecified atom stereocenters. The molecule has 3 heteroatoms. The standard InChI is InChI=1S/C13H21NO2/c1-9(2)10-5-6-11(12(8-15)14-3)13(7-10)16-4/h5-7,9,12,14-15H,8H2,1-4H3. The van der Waals surface area contributed by atoms with Gasteiger partial charge in [-0.25, -0.2) is 0 Å². The first-order valence-corrected chi connectivity index (χ1v) is 5.60. The van der Waals surface area contributed by atoms with Crippen LogP contribution in [0.2, 0.25) is 0 Å². The van der Waals surface area contributed by atoms with Crippen LogP contribution in [0, 0.1) is 0 Å². The molecule has 0 bridgehead atoms. The smallest absolute Gasteiger partial charge is 0.124 e. The van der Waals surface area contributed by atoms with Crippen LogP contribution in [0.15, 0.2) is 18.2 Å². The highest BCUT2D eigenvalue weighted by Crippen LogP contribution is 2.28. The molecular weight excluding hydrogens is 202 g/mol. The van der Waals surface area contributed by atoms with E-state index >= 15 is 0 Å². The van der Waals surface area contributed by atoms with Crippen molar-refractivity contribution in [1.82, 2.24) is 5.32 Å². The van der Waals surface area contributed by atoms with Gasteiger partial charge in [-0.3, -0.25) is 0 Å². The molecule has 0 heterocycles. The van der Waals surface area contributed by atoms with Gasteiger partial charge >= 0.3 is 0 Å². The fourth-order valence-electron chi connectivity index (χ4n) is 1.72. The van der Waals surface area contributed by atoms with Gasteiger partial charge in [0.05, 0.1) is 19.8 Å². The maximum Gasteiger partial charge on any atom is 0.124 e. The van der Waals surface area contributed by atoms with Crippen molar-refractivity contribution in [2.24, 2.45) is 0 Å². The number of likely N-dealkylation sites (N-methyl/N-ethyl adjacent to an activating group) is 1. The predicted molar refractivity (Wildman–Crippen MR) is 66.0 cm³/mol. The third-order valence-corrected chi connectivity index (χ3v) is 2.83. The van der Waals surface area contributed by atoms with Gasteiger partial charge < -0.3 is 15.2 Å². The molecule has 0 aliphatic rings. The second kappa shape index (κ2) is 5.87. The van der Waals surface area contributed by atoms with E-state index in [9.17, 15) is 5.11 Å². The Bertz CT molecular complexity index is 333. The molecule has 16 heavy (non-hydrogen) atoms. The normalized spacial score (nSPS) is 12.9. The molecular formula is C13H21NO2. The molecule has 1 atom stereocenters. The molecule has 90 valence electrons. The third-order valence-electron chi connectivity index (χ3n) is 2.83. The second-order valence-corrected chi connectivity index (χ2v) is 4.18. The summed E-state index contributed by atoms with van der Waals surface area (Å²) in [4.78, 5) is 0. The van der Waals surface area contributed by atoms with Crippen molar-refractivity contribution < 1.29 is 9.84 Å². The predicted octanol–water partition coefficient (Wildman–Crippen LogP) is 2.07. The molecule has 0 fully saturated rings. The first-order valence-electron chi connectivity index (χ1n) is 5.60. The molecule has 0 saturated heterocycles. The van der Waals surface area contributed by atoms with Gasteiger partial charge in [0.2, 0.25) is 0 Å². The van der Waals surface area contributed by atoms with Gasteiger partial charge in [-0.2, -0.15) is 0 Å². The minimum atomic E-state index is -0.0730. The number of aliphatic hydroxyl groups is 1. The first kappa shape index (κ1) is 13.0. The lowest BCUT2D eigenvalue weighted by Gasteiger charge is -2.18. The first-order chi connectivity index (χ1) is 7.63. The summed E-state index contributed by atoms with van der Waals surface area (Å²) in [7, 11) is 3.49. The van der Waals surface area contributed by atoms with E-state index in [-0.39, 0.29) is 12.6 Å². The zero-order valence-corrected chi connectivity index (χ0v) is 10.4. The number of nitrogens with one attached hydrogen (secondary N) is 1. The molecule has 1 aromatic rings. The Morgan fingerprint density at radius 2 is 2.06 bits per heavy atom. The SMILES string of the molecule is CNC(CO)c1ccc(C(C)C)cc1OC. The summed E-state index contributed by atoms with van der Waals surface area (Å²) in [5, 5.41) is 12.3. The zero-order valence-electron chi connectivity index (χ0n) is 10.4. The van der Waals surface area contributed by atoms with Crippen molar-refractivity contribution in [1.29, 1.82) is 0 Å². The van der Waals surface area contributed by atoms with Gasteiger partial charge in [-0.15, -0.1) is 0 Å². The summed E-state index contributed by atoms with van der Waals surface area (Å²) in [6.45, 7) is 4.36. The molecule has 0 spiro atoms. The van der Waals surface area contributed by atoms with Gasteiger partial charge in [0.15, 0.2) is 0 Å². The third kappa shape index (κ3) is 2.74. The van der Waals surface area contributed by atoms with Crippen LogP contribution in [-0.2, 0) is 0 Å². The van der Waals surface area contributed by atoms with E-state index in [0.717, 1.165) is 11.3 Å². The minimum Gasteiger partial charge on any atom is -0.496 e. The number of aliphatic hydroxyl groups excluding tert-OH is 1. The molecule has 1 aromatic carbocycles. The van der Waals surface area contributed by atoms with Crippen LogP contribution in [0.5, 0.6) is 5.75 Å². The van der Waals surface area contributed by atoms with Crippen LogP contribution in [0.3, 0.4) is 0 Å². The Labute approximate surface area is 97.4 Å². The molecule has 0 amide bonds. The number of ether oxygens (including phenoxy) is 1. The molecule has 0 aromatic heterocycles. The molecule has 2 N–H and O–H groups in total. The monoisotopic (exact) mass is 223 g/mol. The van der Waals surface area contributed by atoms with Crippen LogP contribution >= 0.6 is 0 Å². The zero-order chi connectivity index (χ0) is 12.1. The highest BCUT2D eigenvalue weighted by Gasteiger charge is 2.14. The average Bonchev–Trinajstić information content (AvgIpc) is 2.30. The lowest BCUT2D eigenvalue weighted by molar-refractivity contribution is 0.247. The van der Waals surface area contributed by atoms with Crippen LogP contribution in [0.4, 0.5) is 0 Å². The lowest BCUT2D eigenvalue weighted by Crippen LogP contribution is -2.20. The Morgan fingerprint density at radius 1 is 1.38 bits per heavy atom. The minimum absolute atomic E-state index is 0.0634.